The van der Waals surface area contributed by atoms with E-state index < -0.39 is 15.5 Å². The molecule has 2 rings (SSSR count). The van der Waals surface area contributed by atoms with Gasteiger partial charge in [0.15, 0.2) is 5.16 Å². The summed E-state index contributed by atoms with van der Waals surface area (Å²) >= 11 is 6.91. The van der Waals surface area contributed by atoms with Gasteiger partial charge in [-0.2, -0.15) is 4.98 Å². The van der Waals surface area contributed by atoms with Gasteiger partial charge in [0.1, 0.15) is 5.75 Å². The van der Waals surface area contributed by atoms with Crippen LogP contribution in [0.15, 0.2) is 23.4 Å². The Morgan fingerprint density at radius 3 is 2.43 bits per heavy atom. The summed E-state index contributed by atoms with van der Waals surface area (Å²) in [4.78, 5) is 28.3. The third-order valence-corrected chi connectivity index (χ3v) is 3.43. The fourth-order valence-electron chi connectivity index (χ4n) is 1.71. The summed E-state index contributed by atoms with van der Waals surface area (Å²) in [6, 6.07) is 3.98. The van der Waals surface area contributed by atoms with Crippen molar-refractivity contribution in [2.75, 3.05) is 6.26 Å². The molecule has 0 unspecified atom stereocenters. The Balaban J connectivity index is 2.53. The zero-order valence-electron chi connectivity index (χ0n) is 11.8. The first kappa shape index (κ1) is 16.9. The predicted octanol–water partition coefficient (Wildman–Crippen LogP) is 3.77. The second-order valence-corrected chi connectivity index (χ2v) is 5.41. The molecule has 0 aliphatic carbocycles. The summed E-state index contributed by atoms with van der Waals surface area (Å²) in [5.74, 6) is -0.333. The number of ether oxygens (including phenoxy) is 1. The number of hydrogen-bond acceptors (Lipinski definition) is 8. The molecule has 1 aromatic heterocycles. The summed E-state index contributed by atoms with van der Waals surface area (Å²) in [7, 11) is 0. The van der Waals surface area contributed by atoms with Crippen molar-refractivity contribution in [3.8, 4) is 11.6 Å². The van der Waals surface area contributed by atoms with Crippen LogP contribution >= 0.6 is 23.4 Å². The summed E-state index contributed by atoms with van der Waals surface area (Å²) < 4.78 is 5.37. The van der Waals surface area contributed by atoms with Crippen molar-refractivity contribution in [3.05, 3.63) is 49.1 Å². The molecule has 0 radical (unpaired) electrons. The minimum atomic E-state index is -0.772. The van der Waals surface area contributed by atoms with Crippen LogP contribution in [0.2, 0.25) is 5.15 Å². The minimum Gasteiger partial charge on any atom is -0.433 e. The standard InChI is InChI=1S/C12H9ClN4O5S/c1-6-3-7(16(18)19)5-8(4-6)22-11-9(17(20)21)10(13)14-12(15-11)23-2/h3-5H,1-2H3. The number of nitro groups is 2. The van der Waals surface area contributed by atoms with Gasteiger partial charge in [-0.1, -0.05) is 23.4 Å². The van der Waals surface area contributed by atoms with Crippen molar-refractivity contribution < 1.29 is 14.6 Å². The number of benzene rings is 1. The van der Waals surface area contributed by atoms with Crippen LogP contribution < -0.4 is 4.74 Å². The zero-order chi connectivity index (χ0) is 17.1. The molecule has 0 amide bonds. The molecule has 0 saturated heterocycles. The number of nitrogens with zero attached hydrogens (tertiary/aromatic N) is 4. The van der Waals surface area contributed by atoms with Gasteiger partial charge in [0.2, 0.25) is 5.15 Å². The first-order chi connectivity index (χ1) is 10.8. The SMILES string of the molecule is CSc1nc(Cl)c([N+](=O)[O-])c(Oc2cc(C)cc([N+](=O)[O-])c2)n1. The van der Waals surface area contributed by atoms with E-state index in [4.69, 9.17) is 16.3 Å². The Morgan fingerprint density at radius 1 is 1.17 bits per heavy atom. The van der Waals surface area contributed by atoms with E-state index in [2.05, 4.69) is 9.97 Å². The van der Waals surface area contributed by atoms with E-state index in [0.717, 1.165) is 17.8 Å². The second-order valence-electron chi connectivity index (χ2n) is 4.28. The highest BCUT2D eigenvalue weighted by Gasteiger charge is 2.26. The van der Waals surface area contributed by atoms with E-state index >= 15 is 0 Å². The predicted molar refractivity (Wildman–Crippen MR) is 83.4 cm³/mol. The first-order valence-electron chi connectivity index (χ1n) is 6.01. The molecule has 120 valence electrons. The van der Waals surface area contributed by atoms with Crippen LogP contribution in [-0.4, -0.2) is 26.1 Å². The topological polar surface area (TPSA) is 121 Å². The van der Waals surface area contributed by atoms with Gasteiger partial charge in [-0.25, -0.2) is 4.98 Å². The summed E-state index contributed by atoms with van der Waals surface area (Å²) in [5.41, 5.74) is -0.247. The average molecular weight is 357 g/mol. The van der Waals surface area contributed by atoms with E-state index in [-0.39, 0.29) is 27.6 Å². The van der Waals surface area contributed by atoms with Crippen molar-refractivity contribution in [1.82, 2.24) is 9.97 Å². The van der Waals surface area contributed by atoms with E-state index in [0.29, 0.717) is 5.56 Å². The lowest BCUT2D eigenvalue weighted by molar-refractivity contribution is -0.386. The first-order valence-corrected chi connectivity index (χ1v) is 7.62. The number of nitro benzene ring substituents is 1. The maximum atomic E-state index is 11.1. The van der Waals surface area contributed by atoms with Crippen LogP contribution in [0, 0.1) is 27.2 Å². The van der Waals surface area contributed by atoms with Gasteiger partial charge >= 0.3 is 11.6 Å². The van der Waals surface area contributed by atoms with Crippen LogP contribution in [0.3, 0.4) is 0 Å². The number of hydrogen-bond donors (Lipinski definition) is 0. The molecule has 2 aromatic rings. The zero-order valence-corrected chi connectivity index (χ0v) is 13.4. The molecule has 0 spiro atoms. The molecule has 0 bridgehead atoms. The van der Waals surface area contributed by atoms with E-state index in [9.17, 15) is 20.2 Å². The third kappa shape index (κ3) is 3.85. The van der Waals surface area contributed by atoms with E-state index in [1.54, 1.807) is 13.2 Å². The molecule has 1 heterocycles. The molecule has 0 atom stereocenters. The van der Waals surface area contributed by atoms with E-state index in [1.807, 2.05) is 0 Å². The largest absolute Gasteiger partial charge is 0.433 e. The Morgan fingerprint density at radius 2 is 1.87 bits per heavy atom. The summed E-state index contributed by atoms with van der Waals surface area (Å²) in [6.07, 6.45) is 1.67. The van der Waals surface area contributed by atoms with Crippen LogP contribution in [0.4, 0.5) is 11.4 Å². The van der Waals surface area contributed by atoms with Gasteiger partial charge in [-0.15, -0.1) is 0 Å². The monoisotopic (exact) mass is 356 g/mol. The van der Waals surface area contributed by atoms with Crippen LogP contribution in [0.5, 0.6) is 11.6 Å². The van der Waals surface area contributed by atoms with Gasteiger partial charge in [0.25, 0.3) is 5.69 Å². The number of non-ortho nitro benzene ring substituents is 1. The molecule has 11 heteroatoms. The number of thioether (sulfide) groups is 1. The molecule has 0 fully saturated rings. The number of halogens is 1. The highest BCUT2D eigenvalue weighted by molar-refractivity contribution is 7.98. The highest BCUT2D eigenvalue weighted by atomic mass is 35.5. The Bertz CT molecular complexity index is 801. The summed E-state index contributed by atoms with van der Waals surface area (Å²) in [5, 5.41) is 21.8. The molecular weight excluding hydrogens is 348 g/mol. The number of aryl methyl sites for hydroxylation is 1. The quantitative estimate of drug-likeness (QED) is 0.261. The maximum Gasteiger partial charge on any atom is 0.368 e. The van der Waals surface area contributed by atoms with Gasteiger partial charge in [0, 0.05) is 6.07 Å². The molecule has 1 aromatic carbocycles. The Kier molecular flexibility index (Phi) is 4.96. The van der Waals surface area contributed by atoms with Crippen molar-refractivity contribution in [2.24, 2.45) is 0 Å². The lowest BCUT2D eigenvalue weighted by atomic mass is 10.2. The van der Waals surface area contributed by atoms with Gasteiger partial charge in [-0.05, 0) is 24.8 Å². The van der Waals surface area contributed by atoms with Crippen molar-refractivity contribution in [2.45, 2.75) is 12.1 Å². The van der Waals surface area contributed by atoms with Gasteiger partial charge in [0.05, 0.1) is 15.9 Å². The molecule has 23 heavy (non-hydrogen) atoms. The third-order valence-electron chi connectivity index (χ3n) is 2.62. The van der Waals surface area contributed by atoms with Crippen molar-refractivity contribution in [3.63, 3.8) is 0 Å². The van der Waals surface area contributed by atoms with Crippen molar-refractivity contribution >= 4 is 34.7 Å². The smallest absolute Gasteiger partial charge is 0.368 e. The molecule has 9 nitrogen and oxygen atoms in total. The van der Waals surface area contributed by atoms with Gasteiger partial charge in [-0.3, -0.25) is 20.2 Å². The molecule has 0 N–H and O–H groups in total. The van der Waals surface area contributed by atoms with Crippen LogP contribution in [0.1, 0.15) is 5.56 Å². The lowest BCUT2D eigenvalue weighted by Crippen LogP contribution is -2.01. The minimum absolute atomic E-state index is 0.0432. The molecule has 0 saturated carbocycles. The molecule has 0 aliphatic heterocycles. The Labute approximate surface area is 139 Å². The normalized spacial score (nSPS) is 10.4. The number of aromatic nitrogens is 2. The van der Waals surface area contributed by atoms with Crippen LogP contribution in [0.25, 0.3) is 0 Å². The molecular formula is C12H9ClN4O5S. The Hall–Kier alpha value is -2.46. The second kappa shape index (κ2) is 6.75. The maximum absolute atomic E-state index is 11.1. The van der Waals surface area contributed by atoms with Crippen LogP contribution in [-0.2, 0) is 0 Å². The highest BCUT2D eigenvalue weighted by Crippen LogP contribution is 2.36. The number of rotatable bonds is 5. The van der Waals surface area contributed by atoms with Gasteiger partial charge < -0.3 is 4.74 Å². The summed E-state index contributed by atoms with van der Waals surface area (Å²) in [6.45, 7) is 1.63. The lowest BCUT2D eigenvalue weighted by Gasteiger charge is -2.08. The fraction of sp³-hybridized carbons (Fsp3) is 0.167. The van der Waals surface area contributed by atoms with Crippen molar-refractivity contribution in [1.29, 1.82) is 0 Å². The average Bonchev–Trinajstić information content (AvgIpc) is 2.45. The molecule has 0 aliphatic rings. The van der Waals surface area contributed by atoms with E-state index in [1.165, 1.54) is 12.1 Å². The fourth-order valence-corrected chi connectivity index (χ4v) is 2.35.